The van der Waals surface area contributed by atoms with Gasteiger partial charge in [-0.05, 0) is 32.9 Å². The quantitative estimate of drug-likeness (QED) is 0.599. The maximum atomic E-state index is 15.1. The molecule has 0 saturated heterocycles. The Bertz CT molecular complexity index is 1300. The minimum atomic E-state index is -0.821. The number of carbonyl (C=O) groups excluding carboxylic acids is 2. The summed E-state index contributed by atoms with van der Waals surface area (Å²) in [5.41, 5.74) is 5.89. The molecule has 1 aromatic carbocycles. The Morgan fingerprint density at radius 1 is 1.21 bits per heavy atom. The lowest BCUT2D eigenvalue weighted by molar-refractivity contribution is 0.0574. The van der Waals surface area contributed by atoms with Crippen molar-refractivity contribution < 1.29 is 28.2 Å². The molecule has 0 radical (unpaired) electrons. The first kappa shape index (κ1) is 21.0. The minimum absolute atomic E-state index is 0.0710. The van der Waals surface area contributed by atoms with E-state index in [2.05, 4.69) is 10.2 Å². The molecule has 0 fully saturated rings. The molecule has 172 valence electrons. The van der Waals surface area contributed by atoms with Crippen molar-refractivity contribution in [3.8, 4) is 11.5 Å². The topological polar surface area (TPSA) is 121 Å². The van der Waals surface area contributed by atoms with Gasteiger partial charge in [0.2, 0.25) is 0 Å². The van der Waals surface area contributed by atoms with Gasteiger partial charge in [0.1, 0.15) is 23.5 Å². The predicted molar refractivity (Wildman–Crippen MR) is 114 cm³/mol. The smallest absolute Gasteiger partial charge is 0.416 e. The number of benzene rings is 1. The minimum Gasteiger partial charge on any atom is -0.493 e. The SMILES string of the molecule is CC(C)(C)OC(=O)N1Cc2c(F)ccc3c2[C@H](CO3)COc2cc(C(N)=O)c3nncn3c21. The van der Waals surface area contributed by atoms with E-state index in [1.807, 2.05) is 0 Å². The van der Waals surface area contributed by atoms with E-state index in [0.29, 0.717) is 23.5 Å². The molecule has 0 saturated carbocycles. The van der Waals surface area contributed by atoms with Crippen LogP contribution in [0.4, 0.5) is 15.0 Å². The maximum Gasteiger partial charge on any atom is 0.416 e. The number of ether oxygens (including phenoxy) is 3. The lowest BCUT2D eigenvalue weighted by Crippen LogP contribution is -2.38. The van der Waals surface area contributed by atoms with Crippen LogP contribution < -0.4 is 20.1 Å². The number of amides is 2. The molecule has 2 N–H and O–H groups in total. The number of halogens is 1. The van der Waals surface area contributed by atoms with E-state index in [0.717, 1.165) is 0 Å². The van der Waals surface area contributed by atoms with Crippen molar-refractivity contribution in [1.29, 1.82) is 0 Å². The first-order valence-electron chi connectivity index (χ1n) is 10.4. The van der Waals surface area contributed by atoms with Gasteiger partial charge in [-0.15, -0.1) is 10.2 Å². The summed E-state index contributed by atoms with van der Waals surface area (Å²) in [5, 5.41) is 7.86. The fourth-order valence-electron chi connectivity index (χ4n) is 4.15. The first-order valence-corrected chi connectivity index (χ1v) is 10.4. The fraction of sp³-hybridized carbons (Fsp3) is 0.364. The van der Waals surface area contributed by atoms with E-state index in [9.17, 15) is 9.59 Å². The number of fused-ring (bicyclic) bond motifs is 3. The van der Waals surface area contributed by atoms with Crippen LogP contribution in [0.3, 0.4) is 0 Å². The number of nitrogens with two attached hydrogens (primary N) is 1. The zero-order chi connectivity index (χ0) is 23.5. The van der Waals surface area contributed by atoms with Gasteiger partial charge in [0.25, 0.3) is 5.91 Å². The average Bonchev–Trinajstić information content (AvgIpc) is 3.37. The van der Waals surface area contributed by atoms with Crippen LogP contribution in [0.15, 0.2) is 24.5 Å². The third-order valence-corrected chi connectivity index (χ3v) is 5.51. The number of carbonyl (C=O) groups is 2. The van der Waals surface area contributed by atoms with Crippen molar-refractivity contribution in [3.63, 3.8) is 0 Å². The molecule has 0 unspecified atom stereocenters. The Kier molecular flexibility index (Phi) is 4.66. The van der Waals surface area contributed by atoms with Crippen LogP contribution in [0.25, 0.3) is 5.65 Å². The summed E-state index contributed by atoms with van der Waals surface area (Å²) in [6, 6.07) is 4.30. The van der Waals surface area contributed by atoms with Crippen molar-refractivity contribution in [2.75, 3.05) is 18.1 Å². The lowest BCUT2D eigenvalue weighted by atomic mass is 9.95. The molecule has 2 aromatic heterocycles. The van der Waals surface area contributed by atoms with Gasteiger partial charge in [0.05, 0.1) is 31.2 Å². The second kappa shape index (κ2) is 7.32. The van der Waals surface area contributed by atoms with Gasteiger partial charge in [0.15, 0.2) is 17.2 Å². The third kappa shape index (κ3) is 3.49. The predicted octanol–water partition coefficient (Wildman–Crippen LogP) is 2.78. The van der Waals surface area contributed by atoms with E-state index in [4.69, 9.17) is 19.9 Å². The zero-order valence-corrected chi connectivity index (χ0v) is 18.3. The van der Waals surface area contributed by atoms with Gasteiger partial charge >= 0.3 is 6.09 Å². The molecule has 2 aliphatic heterocycles. The molecule has 0 bridgehead atoms. The molecular weight excluding hydrogens is 433 g/mol. The van der Waals surface area contributed by atoms with E-state index in [-0.39, 0.29) is 41.8 Å². The number of pyridine rings is 1. The Morgan fingerprint density at radius 2 is 1.94 bits per heavy atom. The summed E-state index contributed by atoms with van der Waals surface area (Å²) in [5.74, 6) is -0.553. The third-order valence-electron chi connectivity index (χ3n) is 5.51. The molecule has 11 heteroatoms. The molecule has 33 heavy (non-hydrogen) atoms. The van der Waals surface area contributed by atoms with Crippen molar-refractivity contribution >= 4 is 23.5 Å². The van der Waals surface area contributed by atoms with Gasteiger partial charge in [-0.2, -0.15) is 0 Å². The van der Waals surface area contributed by atoms with E-state index in [1.54, 1.807) is 26.8 Å². The molecule has 2 aliphatic rings. The normalized spacial score (nSPS) is 17.2. The number of anilines is 1. The number of primary amides is 1. The van der Waals surface area contributed by atoms with Gasteiger partial charge in [-0.1, -0.05) is 0 Å². The molecule has 4 heterocycles. The Hall–Kier alpha value is -3.89. The van der Waals surface area contributed by atoms with Crippen LogP contribution >= 0.6 is 0 Å². The van der Waals surface area contributed by atoms with Crippen LogP contribution in [0.5, 0.6) is 11.5 Å². The molecule has 2 amide bonds. The summed E-state index contributed by atoms with van der Waals surface area (Å²) in [7, 11) is 0. The largest absolute Gasteiger partial charge is 0.493 e. The monoisotopic (exact) mass is 455 g/mol. The molecule has 10 nitrogen and oxygen atoms in total. The molecule has 1 atom stereocenters. The van der Waals surface area contributed by atoms with Crippen molar-refractivity contribution in [3.05, 3.63) is 47.0 Å². The van der Waals surface area contributed by atoms with Gasteiger partial charge in [-0.3, -0.25) is 14.1 Å². The van der Waals surface area contributed by atoms with E-state index >= 15 is 4.39 Å². The summed E-state index contributed by atoms with van der Waals surface area (Å²) in [6.45, 7) is 5.45. The molecule has 0 spiro atoms. The fourth-order valence-corrected chi connectivity index (χ4v) is 4.15. The summed E-state index contributed by atoms with van der Waals surface area (Å²) in [4.78, 5) is 26.7. The Labute approximate surface area is 188 Å². The summed E-state index contributed by atoms with van der Waals surface area (Å²) < 4.78 is 34.0. The number of hydrogen-bond acceptors (Lipinski definition) is 7. The highest BCUT2D eigenvalue weighted by Gasteiger charge is 2.37. The standard InChI is InChI=1S/C22H22FN5O5/c1-22(2,3)33-21(30)27-7-13-14(23)4-5-15-17(13)11(8-31-15)9-32-16-6-12(18(24)29)19-26-25-10-28(19)20(16)27/h4-6,10-11H,7-9H2,1-3H3,(H2,24,29)/t11-/m1/s1. The van der Waals surface area contributed by atoms with Crippen LogP contribution in [-0.4, -0.2) is 45.4 Å². The van der Waals surface area contributed by atoms with Crippen molar-refractivity contribution in [2.45, 2.75) is 38.8 Å². The first-order chi connectivity index (χ1) is 15.6. The summed E-state index contributed by atoms with van der Waals surface area (Å²) in [6.07, 6.45) is 0.600. The van der Waals surface area contributed by atoms with Crippen molar-refractivity contribution in [1.82, 2.24) is 14.6 Å². The second-order valence-corrected chi connectivity index (χ2v) is 8.96. The number of rotatable bonds is 1. The maximum absolute atomic E-state index is 15.1. The number of nitrogens with zero attached hydrogens (tertiary/aromatic N) is 4. The van der Waals surface area contributed by atoms with E-state index in [1.165, 1.54) is 27.8 Å². The highest BCUT2D eigenvalue weighted by molar-refractivity contribution is 6.01. The molecule has 3 aromatic rings. The second-order valence-electron chi connectivity index (χ2n) is 8.96. The lowest BCUT2D eigenvalue weighted by Gasteiger charge is -2.29. The zero-order valence-electron chi connectivity index (χ0n) is 18.3. The molecule has 0 aliphatic carbocycles. The van der Waals surface area contributed by atoms with Gasteiger partial charge in [0, 0.05) is 17.2 Å². The highest BCUT2D eigenvalue weighted by Crippen LogP contribution is 2.42. The Balaban J connectivity index is 1.77. The van der Waals surface area contributed by atoms with Gasteiger partial charge in [-0.25, -0.2) is 9.18 Å². The van der Waals surface area contributed by atoms with Gasteiger partial charge < -0.3 is 19.9 Å². The number of aromatic nitrogens is 3. The average molecular weight is 455 g/mol. The van der Waals surface area contributed by atoms with Crippen LogP contribution in [-0.2, 0) is 11.3 Å². The van der Waals surface area contributed by atoms with Crippen molar-refractivity contribution in [2.24, 2.45) is 5.73 Å². The highest BCUT2D eigenvalue weighted by atomic mass is 19.1. The Morgan fingerprint density at radius 3 is 2.64 bits per heavy atom. The molecular formula is C22H22FN5O5. The number of hydrogen-bond donors (Lipinski definition) is 1. The van der Waals surface area contributed by atoms with Crippen LogP contribution in [0.2, 0.25) is 0 Å². The van der Waals surface area contributed by atoms with Crippen LogP contribution in [0, 0.1) is 5.82 Å². The van der Waals surface area contributed by atoms with Crippen LogP contribution in [0.1, 0.15) is 48.2 Å². The summed E-state index contributed by atoms with van der Waals surface area (Å²) >= 11 is 0. The van der Waals surface area contributed by atoms with E-state index < -0.39 is 23.4 Å². The molecule has 5 rings (SSSR count).